The lowest BCUT2D eigenvalue weighted by atomic mass is 10.2. The molecule has 2 aromatic carbocycles. The van der Waals surface area contributed by atoms with Crippen molar-refractivity contribution in [1.82, 2.24) is 9.55 Å². The third kappa shape index (κ3) is 4.96. The number of nitrogens with one attached hydrogen (secondary N) is 1. The van der Waals surface area contributed by atoms with E-state index in [0.717, 1.165) is 5.56 Å². The average Bonchev–Trinajstić information content (AvgIpc) is 2.71. The van der Waals surface area contributed by atoms with Gasteiger partial charge in [-0.3, -0.25) is 14.2 Å². The molecule has 0 spiro atoms. The highest BCUT2D eigenvalue weighted by Gasteiger charge is 2.15. The third-order valence-electron chi connectivity index (χ3n) is 4.46. The zero-order valence-corrected chi connectivity index (χ0v) is 18.9. The minimum atomic E-state index is -0.224. The smallest absolute Gasteiger partial charge is 0.262 e. The first-order valence-corrected chi connectivity index (χ1v) is 10.9. The Labute approximate surface area is 184 Å². The van der Waals surface area contributed by atoms with Crippen LogP contribution in [0.15, 0.2) is 46.3 Å². The number of thioether (sulfide) groups is 1. The van der Waals surface area contributed by atoms with Crippen LogP contribution in [-0.2, 0) is 11.3 Å². The van der Waals surface area contributed by atoms with E-state index >= 15 is 0 Å². The molecule has 1 N–H and O–H groups in total. The molecule has 6 nitrogen and oxygen atoms in total. The van der Waals surface area contributed by atoms with Gasteiger partial charge in [0.1, 0.15) is 5.75 Å². The van der Waals surface area contributed by atoms with Crippen molar-refractivity contribution < 1.29 is 9.53 Å². The Hall–Kier alpha value is -2.51. The van der Waals surface area contributed by atoms with Gasteiger partial charge in [-0.05, 0) is 36.6 Å². The molecule has 0 aliphatic heterocycles. The average molecular weight is 446 g/mol. The second-order valence-corrected chi connectivity index (χ2v) is 8.71. The SMILES string of the molecule is COc1cc(Cl)c(C)cc1NC(=O)CSc1nc2ccccc2c(=O)n1CC(C)C. The van der Waals surface area contributed by atoms with Crippen LogP contribution in [0.4, 0.5) is 5.69 Å². The molecule has 0 aliphatic carbocycles. The minimum absolute atomic E-state index is 0.0906. The molecule has 1 amide bonds. The molecule has 0 saturated heterocycles. The van der Waals surface area contributed by atoms with Gasteiger partial charge >= 0.3 is 0 Å². The van der Waals surface area contributed by atoms with Crippen molar-refractivity contribution in [1.29, 1.82) is 0 Å². The van der Waals surface area contributed by atoms with E-state index in [1.165, 1.54) is 18.9 Å². The van der Waals surface area contributed by atoms with Crippen LogP contribution in [0.25, 0.3) is 10.9 Å². The number of carbonyl (C=O) groups excluding carboxylic acids is 1. The van der Waals surface area contributed by atoms with Crippen LogP contribution < -0.4 is 15.6 Å². The number of nitrogens with zero attached hydrogens (tertiary/aromatic N) is 2. The van der Waals surface area contributed by atoms with Crippen molar-refractivity contribution in [3.8, 4) is 5.75 Å². The molecule has 1 heterocycles. The van der Waals surface area contributed by atoms with E-state index in [4.69, 9.17) is 16.3 Å². The fourth-order valence-corrected chi connectivity index (χ4v) is 3.99. The number of carbonyl (C=O) groups is 1. The van der Waals surface area contributed by atoms with E-state index in [9.17, 15) is 9.59 Å². The first-order valence-electron chi connectivity index (χ1n) is 9.56. The molecule has 1 aromatic heterocycles. The maximum atomic E-state index is 13.0. The molecular weight excluding hydrogens is 422 g/mol. The number of hydrogen-bond donors (Lipinski definition) is 1. The van der Waals surface area contributed by atoms with Gasteiger partial charge in [0.25, 0.3) is 5.56 Å². The number of aromatic nitrogens is 2. The maximum absolute atomic E-state index is 13.0. The summed E-state index contributed by atoms with van der Waals surface area (Å²) in [6.45, 7) is 6.47. The van der Waals surface area contributed by atoms with Crippen molar-refractivity contribution in [3.63, 3.8) is 0 Å². The Morgan fingerprint density at radius 3 is 2.73 bits per heavy atom. The summed E-state index contributed by atoms with van der Waals surface area (Å²) in [6.07, 6.45) is 0. The highest BCUT2D eigenvalue weighted by atomic mass is 35.5. The maximum Gasteiger partial charge on any atom is 0.262 e. The van der Waals surface area contributed by atoms with Crippen molar-refractivity contribution in [3.05, 3.63) is 57.3 Å². The Bertz CT molecular complexity index is 1140. The molecule has 0 aliphatic rings. The topological polar surface area (TPSA) is 73.2 Å². The molecule has 8 heteroatoms. The highest BCUT2D eigenvalue weighted by molar-refractivity contribution is 7.99. The lowest BCUT2D eigenvalue weighted by Gasteiger charge is -2.15. The van der Waals surface area contributed by atoms with Crippen LogP contribution in [0, 0.1) is 12.8 Å². The first kappa shape index (κ1) is 22.2. The van der Waals surface area contributed by atoms with Crippen LogP contribution in [0.1, 0.15) is 19.4 Å². The second kappa shape index (κ2) is 9.53. The summed E-state index contributed by atoms with van der Waals surface area (Å²) in [7, 11) is 1.52. The summed E-state index contributed by atoms with van der Waals surface area (Å²) >= 11 is 7.37. The Balaban J connectivity index is 1.84. The number of halogens is 1. The van der Waals surface area contributed by atoms with E-state index in [1.807, 2.05) is 39.0 Å². The van der Waals surface area contributed by atoms with E-state index in [-0.39, 0.29) is 23.1 Å². The number of benzene rings is 2. The molecule has 0 unspecified atom stereocenters. The molecule has 0 saturated carbocycles. The first-order chi connectivity index (χ1) is 14.3. The predicted octanol–water partition coefficient (Wildman–Crippen LogP) is 4.75. The summed E-state index contributed by atoms with van der Waals surface area (Å²) < 4.78 is 6.96. The van der Waals surface area contributed by atoms with Crippen LogP contribution >= 0.6 is 23.4 Å². The Morgan fingerprint density at radius 1 is 1.30 bits per heavy atom. The van der Waals surface area contributed by atoms with Gasteiger partial charge in [0, 0.05) is 17.6 Å². The van der Waals surface area contributed by atoms with E-state index in [0.29, 0.717) is 39.1 Å². The number of para-hydroxylation sites is 1. The monoisotopic (exact) mass is 445 g/mol. The van der Waals surface area contributed by atoms with Crippen molar-refractivity contribution in [2.24, 2.45) is 5.92 Å². The summed E-state index contributed by atoms with van der Waals surface area (Å²) in [4.78, 5) is 30.2. The zero-order valence-electron chi connectivity index (χ0n) is 17.4. The molecule has 0 bridgehead atoms. The Morgan fingerprint density at radius 2 is 2.03 bits per heavy atom. The van der Waals surface area contributed by atoms with Crippen LogP contribution in [-0.4, -0.2) is 28.3 Å². The number of fused-ring (bicyclic) bond motifs is 1. The van der Waals surface area contributed by atoms with Gasteiger partial charge < -0.3 is 10.1 Å². The van der Waals surface area contributed by atoms with Crippen LogP contribution in [0.5, 0.6) is 5.75 Å². The molecule has 3 aromatic rings. The summed E-state index contributed by atoms with van der Waals surface area (Å²) in [6, 6.07) is 10.7. The zero-order chi connectivity index (χ0) is 21.8. The number of amides is 1. The summed E-state index contributed by atoms with van der Waals surface area (Å²) in [5.41, 5.74) is 1.92. The number of methoxy groups -OCH3 is 1. The third-order valence-corrected chi connectivity index (χ3v) is 5.85. The highest BCUT2D eigenvalue weighted by Crippen LogP contribution is 2.31. The van der Waals surface area contributed by atoms with Crippen LogP contribution in [0.2, 0.25) is 5.02 Å². The Kier molecular flexibility index (Phi) is 7.05. The number of rotatable bonds is 7. The molecule has 3 rings (SSSR count). The molecule has 0 fully saturated rings. The van der Waals surface area contributed by atoms with Crippen molar-refractivity contribution in [2.45, 2.75) is 32.5 Å². The van der Waals surface area contributed by atoms with Gasteiger partial charge in [-0.2, -0.15) is 0 Å². The standard InChI is InChI=1S/C22H24ClN3O3S/c1-13(2)11-26-21(28)15-7-5-6-8-17(15)25-22(26)30-12-20(27)24-18-9-14(3)16(23)10-19(18)29-4/h5-10,13H,11-12H2,1-4H3,(H,24,27). The molecule has 158 valence electrons. The van der Waals surface area contributed by atoms with Crippen LogP contribution in [0.3, 0.4) is 0 Å². The summed E-state index contributed by atoms with van der Waals surface area (Å²) in [5, 5.41) is 4.53. The summed E-state index contributed by atoms with van der Waals surface area (Å²) in [5.74, 6) is 0.636. The largest absolute Gasteiger partial charge is 0.495 e. The molecule has 0 atom stereocenters. The fourth-order valence-electron chi connectivity index (χ4n) is 3.03. The predicted molar refractivity (Wildman–Crippen MR) is 123 cm³/mol. The normalized spacial score (nSPS) is 11.1. The van der Waals surface area contributed by atoms with E-state index in [1.54, 1.807) is 22.8 Å². The molecule has 30 heavy (non-hydrogen) atoms. The number of hydrogen-bond acceptors (Lipinski definition) is 5. The van der Waals surface area contributed by atoms with Crippen molar-refractivity contribution >= 4 is 45.9 Å². The molecular formula is C22H24ClN3O3S. The fraction of sp³-hybridized carbons (Fsp3) is 0.318. The van der Waals surface area contributed by atoms with E-state index < -0.39 is 0 Å². The van der Waals surface area contributed by atoms with Gasteiger partial charge in [0.2, 0.25) is 5.91 Å². The number of aryl methyl sites for hydroxylation is 1. The number of anilines is 1. The van der Waals surface area contributed by atoms with E-state index in [2.05, 4.69) is 10.3 Å². The number of ether oxygens (including phenoxy) is 1. The lowest BCUT2D eigenvalue weighted by molar-refractivity contribution is -0.113. The quantitative estimate of drug-likeness (QED) is 0.419. The minimum Gasteiger partial charge on any atom is -0.495 e. The van der Waals surface area contributed by atoms with Gasteiger partial charge in [0.05, 0.1) is 29.5 Å². The second-order valence-electron chi connectivity index (χ2n) is 7.36. The molecule has 0 radical (unpaired) electrons. The van der Waals surface area contributed by atoms with Gasteiger partial charge in [-0.15, -0.1) is 0 Å². The van der Waals surface area contributed by atoms with Gasteiger partial charge in [-0.1, -0.05) is 49.3 Å². The lowest BCUT2D eigenvalue weighted by Crippen LogP contribution is -2.26. The van der Waals surface area contributed by atoms with Gasteiger partial charge in [0.15, 0.2) is 5.16 Å². The van der Waals surface area contributed by atoms with Crippen molar-refractivity contribution in [2.75, 3.05) is 18.2 Å². The van der Waals surface area contributed by atoms with Gasteiger partial charge in [-0.25, -0.2) is 4.98 Å².